The Kier molecular flexibility index (Phi) is 9.71. The van der Waals surface area contributed by atoms with Gasteiger partial charge < -0.3 is 19.7 Å². The van der Waals surface area contributed by atoms with Crippen LogP contribution in [-0.4, -0.2) is 42.6 Å². The molecule has 0 aliphatic rings. The number of halogens is 1. The Morgan fingerprint density at radius 3 is 2.39 bits per heavy atom. The first kappa shape index (κ1) is 22.6. The lowest BCUT2D eigenvalue weighted by Crippen LogP contribution is -2.43. The number of hydrogen-bond donors (Lipinski definition) is 1. The number of nitrogens with one attached hydrogen (secondary N) is 1. The molecule has 6 heteroatoms. The predicted octanol–water partition coefficient (Wildman–Crippen LogP) is 5.29. The maximum absolute atomic E-state index is 6.37. The van der Waals surface area contributed by atoms with Crippen molar-refractivity contribution < 1.29 is 9.47 Å². The highest BCUT2D eigenvalue weighted by atomic mass is 35.5. The Morgan fingerprint density at radius 2 is 1.79 bits per heavy atom. The van der Waals surface area contributed by atoms with Gasteiger partial charge in [0.2, 0.25) is 0 Å². The maximum Gasteiger partial charge on any atom is 0.174 e. The molecule has 0 aliphatic carbocycles. The number of rotatable bonds is 10. The van der Waals surface area contributed by atoms with Crippen molar-refractivity contribution in [3.8, 4) is 0 Å². The van der Waals surface area contributed by atoms with E-state index in [0.29, 0.717) is 29.9 Å². The van der Waals surface area contributed by atoms with E-state index in [9.17, 15) is 0 Å². The summed E-state index contributed by atoms with van der Waals surface area (Å²) in [4.78, 5) is 2.08. The van der Waals surface area contributed by atoms with Crippen LogP contribution in [0.1, 0.15) is 25.0 Å². The average Bonchev–Trinajstić information content (AvgIpc) is 2.68. The lowest BCUT2D eigenvalue weighted by molar-refractivity contribution is -0.141. The van der Waals surface area contributed by atoms with Gasteiger partial charge in [-0.3, -0.25) is 0 Å². The zero-order valence-electron chi connectivity index (χ0n) is 16.8. The fourth-order valence-electron chi connectivity index (χ4n) is 2.81. The van der Waals surface area contributed by atoms with E-state index in [0.717, 1.165) is 24.2 Å². The molecule has 2 rings (SSSR count). The van der Waals surface area contributed by atoms with Crippen LogP contribution in [0.5, 0.6) is 0 Å². The van der Waals surface area contributed by atoms with Gasteiger partial charge in [0.25, 0.3) is 0 Å². The summed E-state index contributed by atoms with van der Waals surface area (Å²) in [7, 11) is 0. The van der Waals surface area contributed by atoms with E-state index in [4.69, 9.17) is 33.3 Å². The third-order valence-electron chi connectivity index (χ3n) is 4.24. The number of aryl methyl sites for hydroxylation is 1. The van der Waals surface area contributed by atoms with Crippen molar-refractivity contribution in [2.45, 2.75) is 33.5 Å². The van der Waals surface area contributed by atoms with Crippen LogP contribution in [0, 0.1) is 6.92 Å². The van der Waals surface area contributed by atoms with Crippen LogP contribution >= 0.6 is 23.8 Å². The highest BCUT2D eigenvalue weighted by molar-refractivity contribution is 7.80. The number of hydrogen-bond acceptors (Lipinski definition) is 3. The van der Waals surface area contributed by atoms with E-state index >= 15 is 0 Å². The second-order valence-electron chi connectivity index (χ2n) is 6.44. The zero-order valence-corrected chi connectivity index (χ0v) is 18.4. The normalized spacial score (nSPS) is 10.9. The quantitative estimate of drug-likeness (QED) is 0.417. The van der Waals surface area contributed by atoms with Gasteiger partial charge in [-0.1, -0.05) is 48.0 Å². The first-order chi connectivity index (χ1) is 13.5. The summed E-state index contributed by atoms with van der Waals surface area (Å²) >= 11 is 12.1. The highest BCUT2D eigenvalue weighted by Gasteiger charge is 2.18. The minimum absolute atomic E-state index is 0.334. The van der Waals surface area contributed by atoms with Gasteiger partial charge in [0.15, 0.2) is 11.4 Å². The summed E-state index contributed by atoms with van der Waals surface area (Å²) in [6, 6.07) is 16.2. The molecule has 4 nitrogen and oxygen atoms in total. The largest absolute Gasteiger partial charge is 0.351 e. The second kappa shape index (κ2) is 12.0. The third-order valence-corrected chi connectivity index (χ3v) is 4.91. The fourth-order valence-corrected chi connectivity index (χ4v) is 3.36. The monoisotopic (exact) mass is 420 g/mol. The zero-order chi connectivity index (χ0) is 20.4. The number of nitrogens with zero attached hydrogens (tertiary/aromatic N) is 1. The molecule has 0 radical (unpaired) electrons. The Bertz CT molecular complexity index is 737. The topological polar surface area (TPSA) is 33.7 Å². The maximum atomic E-state index is 6.37. The molecular weight excluding hydrogens is 392 g/mol. The van der Waals surface area contributed by atoms with Crippen LogP contribution in [0.4, 0.5) is 5.69 Å². The molecule has 0 saturated heterocycles. The minimum atomic E-state index is -0.334. The summed E-state index contributed by atoms with van der Waals surface area (Å²) in [6.45, 7) is 8.39. The van der Waals surface area contributed by atoms with Crippen LogP contribution in [0.25, 0.3) is 0 Å². The lowest BCUT2D eigenvalue weighted by Gasteiger charge is -2.30. The molecule has 0 spiro atoms. The Morgan fingerprint density at radius 1 is 1.11 bits per heavy atom. The van der Waals surface area contributed by atoms with E-state index in [1.54, 1.807) is 0 Å². The molecule has 0 aliphatic heterocycles. The Labute approximate surface area is 178 Å². The van der Waals surface area contributed by atoms with E-state index in [2.05, 4.69) is 22.3 Å². The first-order valence-electron chi connectivity index (χ1n) is 9.62. The molecular formula is C22H29ClN2O2S. The molecule has 152 valence electrons. The molecule has 2 aromatic rings. The molecule has 0 heterocycles. The molecule has 0 aromatic heterocycles. The van der Waals surface area contributed by atoms with E-state index < -0.39 is 0 Å². The number of benzene rings is 2. The summed E-state index contributed by atoms with van der Waals surface area (Å²) in [5.74, 6) is 0. The van der Waals surface area contributed by atoms with Crippen LogP contribution < -0.4 is 5.32 Å². The standard InChI is InChI=1S/C22H29ClN2O2S/c1-4-26-21(27-5-2)16-25(14-13-18-9-7-6-8-10-18)22(28)24-20-12-11-17(3)15-19(20)23/h6-12,15,21H,4-5,13-14,16H2,1-3H3,(H,24,28). The molecule has 28 heavy (non-hydrogen) atoms. The number of anilines is 1. The minimum Gasteiger partial charge on any atom is -0.351 e. The second-order valence-corrected chi connectivity index (χ2v) is 7.23. The van der Waals surface area contributed by atoms with Crippen molar-refractivity contribution in [3.63, 3.8) is 0 Å². The van der Waals surface area contributed by atoms with Gasteiger partial charge in [-0.25, -0.2) is 0 Å². The molecule has 0 atom stereocenters. The van der Waals surface area contributed by atoms with Crippen molar-refractivity contribution in [1.29, 1.82) is 0 Å². The Balaban J connectivity index is 2.11. The summed E-state index contributed by atoms with van der Waals surface area (Å²) in [5, 5.41) is 4.53. The molecule has 2 aromatic carbocycles. The third kappa shape index (κ3) is 7.40. The summed E-state index contributed by atoms with van der Waals surface area (Å²) < 4.78 is 11.5. The van der Waals surface area contributed by atoms with Crippen LogP contribution in [0.2, 0.25) is 5.02 Å². The lowest BCUT2D eigenvalue weighted by atomic mass is 10.1. The van der Waals surface area contributed by atoms with E-state index in [1.807, 2.05) is 57.2 Å². The molecule has 1 N–H and O–H groups in total. The Hall–Kier alpha value is -1.66. The van der Waals surface area contributed by atoms with Crippen molar-refractivity contribution in [3.05, 3.63) is 64.7 Å². The number of thiocarbonyl (C=S) groups is 1. The summed E-state index contributed by atoms with van der Waals surface area (Å²) in [5.41, 5.74) is 3.16. The number of ether oxygens (including phenoxy) is 2. The van der Waals surface area contributed by atoms with Crippen molar-refractivity contribution in [1.82, 2.24) is 4.90 Å². The van der Waals surface area contributed by atoms with Crippen molar-refractivity contribution in [2.75, 3.05) is 31.6 Å². The van der Waals surface area contributed by atoms with Gasteiger partial charge in [0, 0.05) is 19.8 Å². The molecule has 0 unspecified atom stereocenters. The van der Waals surface area contributed by atoms with Crippen LogP contribution in [0.15, 0.2) is 48.5 Å². The molecule has 0 fully saturated rings. The van der Waals surface area contributed by atoms with E-state index in [1.165, 1.54) is 5.56 Å². The average molecular weight is 421 g/mol. The van der Waals surface area contributed by atoms with Crippen LogP contribution in [-0.2, 0) is 15.9 Å². The van der Waals surface area contributed by atoms with Gasteiger partial charge in [-0.05, 0) is 62.7 Å². The molecule has 0 saturated carbocycles. The van der Waals surface area contributed by atoms with Gasteiger partial charge in [0.1, 0.15) is 0 Å². The highest BCUT2D eigenvalue weighted by Crippen LogP contribution is 2.23. The smallest absolute Gasteiger partial charge is 0.174 e. The summed E-state index contributed by atoms with van der Waals surface area (Å²) in [6.07, 6.45) is 0.536. The fraction of sp³-hybridized carbons (Fsp3) is 0.409. The van der Waals surface area contributed by atoms with Gasteiger partial charge in [-0.2, -0.15) is 0 Å². The van der Waals surface area contributed by atoms with E-state index in [-0.39, 0.29) is 6.29 Å². The van der Waals surface area contributed by atoms with Gasteiger partial charge >= 0.3 is 0 Å². The van der Waals surface area contributed by atoms with Gasteiger partial charge in [0.05, 0.1) is 17.3 Å². The molecule has 0 amide bonds. The molecule has 0 bridgehead atoms. The van der Waals surface area contributed by atoms with Crippen molar-refractivity contribution in [2.24, 2.45) is 0 Å². The SMILES string of the molecule is CCOC(CN(CCc1ccccc1)C(=S)Nc1ccc(C)cc1Cl)OCC. The van der Waals surface area contributed by atoms with Gasteiger partial charge in [-0.15, -0.1) is 0 Å². The van der Waals surface area contributed by atoms with Crippen LogP contribution in [0.3, 0.4) is 0 Å². The predicted molar refractivity (Wildman–Crippen MR) is 121 cm³/mol. The van der Waals surface area contributed by atoms with Crippen molar-refractivity contribution >= 4 is 34.6 Å². The first-order valence-corrected chi connectivity index (χ1v) is 10.4.